The number of likely N-dealkylation sites (N-methyl/N-ethyl adjacent to an activating group) is 1. The minimum absolute atomic E-state index is 0.0233. The number of furan rings is 1. The van der Waals surface area contributed by atoms with Crippen LogP contribution >= 0.6 is 0 Å². The normalized spacial score (nSPS) is 17.1. The first-order valence-corrected chi connectivity index (χ1v) is 6.78. The second kappa shape index (κ2) is 6.56. The first-order valence-electron chi connectivity index (χ1n) is 6.78. The third-order valence-corrected chi connectivity index (χ3v) is 3.69. The van der Waals surface area contributed by atoms with E-state index in [9.17, 15) is 9.59 Å². The zero-order valence-electron chi connectivity index (χ0n) is 11.6. The molecule has 0 atom stereocenters. The van der Waals surface area contributed by atoms with E-state index in [0.29, 0.717) is 39.0 Å². The molecule has 1 saturated heterocycles. The molecular weight excluding hydrogens is 260 g/mol. The van der Waals surface area contributed by atoms with Gasteiger partial charge in [0.25, 0.3) is 0 Å². The molecule has 1 aliphatic heterocycles. The van der Waals surface area contributed by atoms with Crippen LogP contribution in [-0.4, -0.2) is 53.5 Å². The second-order valence-electron chi connectivity index (χ2n) is 5.22. The highest BCUT2D eigenvalue weighted by Gasteiger charge is 2.26. The van der Waals surface area contributed by atoms with Crippen LogP contribution in [0.4, 0.5) is 0 Å². The van der Waals surface area contributed by atoms with E-state index >= 15 is 0 Å². The molecule has 1 aromatic rings. The SMILES string of the molecule is CN(Cc1ccco1)C(=O)CN1CCC(C(=O)O)CC1. The Balaban J connectivity index is 1.76. The van der Waals surface area contributed by atoms with Crippen LogP contribution in [0.25, 0.3) is 0 Å². The summed E-state index contributed by atoms with van der Waals surface area (Å²) < 4.78 is 5.21. The van der Waals surface area contributed by atoms with Crippen LogP contribution in [0.5, 0.6) is 0 Å². The number of carboxylic acids is 1. The lowest BCUT2D eigenvalue weighted by atomic mass is 9.97. The van der Waals surface area contributed by atoms with Crippen molar-refractivity contribution in [1.82, 2.24) is 9.80 Å². The zero-order chi connectivity index (χ0) is 14.5. The highest BCUT2D eigenvalue weighted by Crippen LogP contribution is 2.17. The molecule has 1 fully saturated rings. The van der Waals surface area contributed by atoms with Gasteiger partial charge in [0, 0.05) is 7.05 Å². The molecule has 1 aliphatic rings. The number of carboxylic acid groups (broad SMARTS) is 1. The molecule has 20 heavy (non-hydrogen) atoms. The Morgan fingerprint density at radius 3 is 2.70 bits per heavy atom. The van der Waals surface area contributed by atoms with E-state index < -0.39 is 5.97 Å². The van der Waals surface area contributed by atoms with Gasteiger partial charge in [-0.05, 0) is 38.1 Å². The maximum absolute atomic E-state index is 12.1. The lowest BCUT2D eigenvalue weighted by Crippen LogP contribution is -2.43. The molecule has 0 saturated carbocycles. The van der Waals surface area contributed by atoms with Crippen LogP contribution < -0.4 is 0 Å². The minimum atomic E-state index is -0.731. The van der Waals surface area contributed by atoms with Gasteiger partial charge in [-0.1, -0.05) is 0 Å². The number of likely N-dealkylation sites (tertiary alicyclic amines) is 1. The van der Waals surface area contributed by atoms with E-state index in [1.165, 1.54) is 0 Å². The molecule has 1 amide bonds. The van der Waals surface area contributed by atoms with Crippen molar-refractivity contribution in [3.8, 4) is 0 Å². The van der Waals surface area contributed by atoms with Gasteiger partial charge in [-0.15, -0.1) is 0 Å². The number of amides is 1. The van der Waals surface area contributed by atoms with Crippen LogP contribution in [0.15, 0.2) is 22.8 Å². The lowest BCUT2D eigenvalue weighted by molar-refractivity contribution is -0.143. The molecule has 0 unspecified atom stereocenters. The molecule has 6 nitrogen and oxygen atoms in total. The number of nitrogens with zero attached hydrogens (tertiary/aromatic N) is 2. The molecule has 0 aliphatic carbocycles. The first-order chi connectivity index (χ1) is 9.56. The standard InChI is InChI=1S/C14H20N2O4/c1-15(9-12-3-2-8-20-12)13(17)10-16-6-4-11(5-7-16)14(18)19/h2-3,8,11H,4-7,9-10H2,1H3,(H,18,19). The number of carbonyl (C=O) groups excluding carboxylic acids is 1. The molecule has 2 rings (SSSR count). The number of aliphatic carboxylic acids is 1. The van der Waals surface area contributed by atoms with Gasteiger partial charge in [-0.25, -0.2) is 0 Å². The molecule has 0 bridgehead atoms. The van der Waals surface area contributed by atoms with Gasteiger partial charge in [-0.2, -0.15) is 0 Å². The van der Waals surface area contributed by atoms with E-state index in [1.54, 1.807) is 24.3 Å². The zero-order valence-corrected chi connectivity index (χ0v) is 11.6. The van der Waals surface area contributed by atoms with Gasteiger partial charge in [-0.3, -0.25) is 14.5 Å². The van der Waals surface area contributed by atoms with Gasteiger partial charge in [0.05, 0.1) is 25.3 Å². The predicted octanol–water partition coefficient (Wildman–Crippen LogP) is 1.03. The van der Waals surface area contributed by atoms with E-state index in [0.717, 1.165) is 5.76 Å². The molecule has 110 valence electrons. The number of hydrogen-bond acceptors (Lipinski definition) is 4. The topological polar surface area (TPSA) is 74.0 Å². The van der Waals surface area contributed by atoms with Crippen LogP contribution in [-0.2, 0) is 16.1 Å². The Kier molecular flexibility index (Phi) is 4.79. The molecule has 0 aromatic carbocycles. The summed E-state index contributed by atoms with van der Waals surface area (Å²) in [6.45, 7) is 2.12. The van der Waals surface area contributed by atoms with E-state index in [-0.39, 0.29) is 11.8 Å². The van der Waals surface area contributed by atoms with Gasteiger partial charge in [0.1, 0.15) is 5.76 Å². The van der Waals surface area contributed by atoms with Gasteiger partial charge < -0.3 is 14.4 Å². The van der Waals surface area contributed by atoms with Crippen molar-refractivity contribution in [1.29, 1.82) is 0 Å². The first kappa shape index (κ1) is 14.6. The summed E-state index contributed by atoms with van der Waals surface area (Å²) in [6, 6.07) is 3.63. The van der Waals surface area contributed by atoms with E-state index in [1.807, 2.05) is 11.0 Å². The third kappa shape index (κ3) is 3.84. The fraction of sp³-hybridized carbons (Fsp3) is 0.571. The number of piperidine rings is 1. The predicted molar refractivity (Wildman–Crippen MR) is 72.0 cm³/mol. The van der Waals surface area contributed by atoms with Gasteiger partial charge >= 0.3 is 5.97 Å². The van der Waals surface area contributed by atoms with Crippen molar-refractivity contribution in [2.45, 2.75) is 19.4 Å². The Labute approximate surface area is 118 Å². The Morgan fingerprint density at radius 2 is 2.15 bits per heavy atom. The van der Waals surface area contributed by atoms with Crippen LogP contribution in [0.3, 0.4) is 0 Å². The van der Waals surface area contributed by atoms with Crippen LogP contribution in [0.1, 0.15) is 18.6 Å². The lowest BCUT2D eigenvalue weighted by Gasteiger charge is -2.30. The average Bonchev–Trinajstić information content (AvgIpc) is 2.92. The van der Waals surface area contributed by atoms with Crippen molar-refractivity contribution in [2.24, 2.45) is 5.92 Å². The fourth-order valence-corrected chi connectivity index (χ4v) is 2.37. The molecular formula is C14H20N2O4. The quantitative estimate of drug-likeness (QED) is 0.872. The van der Waals surface area contributed by atoms with Crippen LogP contribution in [0, 0.1) is 5.92 Å². The summed E-state index contributed by atoms with van der Waals surface area (Å²) in [4.78, 5) is 26.6. The Hall–Kier alpha value is -1.82. The highest BCUT2D eigenvalue weighted by molar-refractivity contribution is 5.78. The molecule has 1 aromatic heterocycles. The number of carbonyl (C=O) groups is 2. The van der Waals surface area contributed by atoms with Crippen molar-refractivity contribution >= 4 is 11.9 Å². The minimum Gasteiger partial charge on any atom is -0.481 e. The van der Waals surface area contributed by atoms with Gasteiger partial charge in [0.15, 0.2) is 0 Å². The smallest absolute Gasteiger partial charge is 0.306 e. The summed E-state index contributed by atoms with van der Waals surface area (Å²) in [5.74, 6) is -0.214. The van der Waals surface area contributed by atoms with Crippen molar-refractivity contribution < 1.29 is 19.1 Å². The largest absolute Gasteiger partial charge is 0.481 e. The fourth-order valence-electron chi connectivity index (χ4n) is 2.37. The number of hydrogen-bond donors (Lipinski definition) is 1. The molecule has 1 N–H and O–H groups in total. The molecule has 0 spiro atoms. The maximum atomic E-state index is 12.1. The third-order valence-electron chi connectivity index (χ3n) is 3.69. The van der Waals surface area contributed by atoms with E-state index in [2.05, 4.69) is 0 Å². The highest BCUT2D eigenvalue weighted by atomic mass is 16.4. The molecule has 2 heterocycles. The monoisotopic (exact) mass is 280 g/mol. The Bertz CT molecular complexity index is 450. The second-order valence-corrected chi connectivity index (χ2v) is 5.22. The summed E-state index contributed by atoms with van der Waals surface area (Å²) in [5, 5.41) is 8.93. The Morgan fingerprint density at radius 1 is 1.45 bits per heavy atom. The van der Waals surface area contributed by atoms with Gasteiger partial charge in [0.2, 0.25) is 5.91 Å². The molecule has 0 radical (unpaired) electrons. The van der Waals surface area contributed by atoms with Crippen molar-refractivity contribution in [3.63, 3.8) is 0 Å². The van der Waals surface area contributed by atoms with Crippen molar-refractivity contribution in [3.05, 3.63) is 24.2 Å². The summed E-state index contributed by atoms with van der Waals surface area (Å²) in [6.07, 6.45) is 2.82. The van der Waals surface area contributed by atoms with Crippen molar-refractivity contribution in [2.75, 3.05) is 26.7 Å². The van der Waals surface area contributed by atoms with E-state index in [4.69, 9.17) is 9.52 Å². The summed E-state index contributed by atoms with van der Waals surface area (Å²) in [5.41, 5.74) is 0. The summed E-state index contributed by atoms with van der Waals surface area (Å²) in [7, 11) is 1.74. The summed E-state index contributed by atoms with van der Waals surface area (Å²) >= 11 is 0. The maximum Gasteiger partial charge on any atom is 0.306 e. The van der Waals surface area contributed by atoms with Crippen LogP contribution in [0.2, 0.25) is 0 Å². The number of rotatable bonds is 5. The average molecular weight is 280 g/mol. The molecule has 6 heteroatoms.